The number of hydrogen-bond acceptors (Lipinski definition) is 5. The van der Waals surface area contributed by atoms with Crippen LogP contribution in [0.25, 0.3) is 0 Å². The fourth-order valence-electron chi connectivity index (χ4n) is 3.79. The van der Waals surface area contributed by atoms with Crippen LogP contribution >= 0.6 is 0 Å². The maximum absolute atomic E-state index is 13.8. The van der Waals surface area contributed by atoms with Crippen LogP contribution in [0.3, 0.4) is 0 Å². The predicted molar refractivity (Wildman–Crippen MR) is 123 cm³/mol. The quantitative estimate of drug-likeness (QED) is 0.611. The highest BCUT2D eigenvalue weighted by molar-refractivity contribution is 7.89. The van der Waals surface area contributed by atoms with Crippen molar-refractivity contribution in [2.24, 2.45) is 0 Å². The number of piperidine rings is 1. The number of carbonyl (C=O) groups is 1. The van der Waals surface area contributed by atoms with E-state index in [0.717, 1.165) is 38.0 Å². The Balaban J connectivity index is 1.86. The number of carbonyl (C=O) groups excluding carboxylic acids is 1. The number of nitrogens with zero attached hydrogens (tertiary/aromatic N) is 2. The Labute approximate surface area is 189 Å². The summed E-state index contributed by atoms with van der Waals surface area (Å²) >= 11 is 0. The van der Waals surface area contributed by atoms with Gasteiger partial charge in [0.1, 0.15) is 0 Å². The number of ether oxygens (including phenoxy) is 1. The zero-order valence-corrected chi connectivity index (χ0v) is 19.3. The molecule has 0 unspecified atom stereocenters. The van der Waals surface area contributed by atoms with Gasteiger partial charge in [-0.3, -0.25) is 4.79 Å². The van der Waals surface area contributed by atoms with Crippen LogP contribution in [0.4, 0.5) is 15.8 Å². The fraction of sp³-hybridized carbons (Fsp3) is 0.435. The minimum Gasteiger partial charge on any atom is -0.481 e. The highest BCUT2D eigenvalue weighted by Crippen LogP contribution is 2.32. The van der Waals surface area contributed by atoms with Gasteiger partial charge < -0.3 is 15.0 Å². The van der Waals surface area contributed by atoms with Crippen molar-refractivity contribution in [3.63, 3.8) is 0 Å². The summed E-state index contributed by atoms with van der Waals surface area (Å²) in [5.41, 5.74) is 1.17. The lowest BCUT2D eigenvalue weighted by atomic mass is 10.1. The van der Waals surface area contributed by atoms with E-state index in [0.29, 0.717) is 18.8 Å². The molecule has 1 N–H and O–H groups in total. The lowest BCUT2D eigenvalue weighted by Gasteiger charge is -2.31. The topological polar surface area (TPSA) is 79.0 Å². The average Bonchev–Trinajstić information content (AvgIpc) is 2.79. The van der Waals surface area contributed by atoms with E-state index >= 15 is 0 Å². The average molecular weight is 464 g/mol. The number of anilines is 2. The van der Waals surface area contributed by atoms with Crippen molar-refractivity contribution >= 4 is 27.3 Å². The third-order valence-corrected chi connectivity index (χ3v) is 7.52. The SMILES string of the molecule is CCN(CC)S(=O)(=O)c1ccc(N2CCCCC2)c(NC(=O)COc2ccccc2F)c1. The molecule has 0 saturated carbocycles. The predicted octanol–water partition coefficient (Wildman–Crippen LogP) is 3.86. The highest BCUT2D eigenvalue weighted by Gasteiger charge is 2.24. The van der Waals surface area contributed by atoms with Gasteiger partial charge in [0.15, 0.2) is 18.2 Å². The van der Waals surface area contributed by atoms with Gasteiger partial charge in [0, 0.05) is 26.2 Å². The molecule has 9 heteroatoms. The number of benzene rings is 2. The second-order valence-corrected chi connectivity index (χ2v) is 9.52. The van der Waals surface area contributed by atoms with Gasteiger partial charge in [-0.1, -0.05) is 26.0 Å². The molecule has 7 nitrogen and oxygen atoms in total. The summed E-state index contributed by atoms with van der Waals surface area (Å²) in [5, 5.41) is 2.77. The Hall–Kier alpha value is -2.65. The van der Waals surface area contributed by atoms with Crippen molar-refractivity contribution < 1.29 is 22.3 Å². The standard InChI is InChI=1S/C23H30FN3O4S/c1-3-27(4-2)32(29,30)18-12-13-21(26-14-8-5-9-15-26)20(16-18)25-23(28)17-31-22-11-7-6-10-19(22)24/h6-7,10-13,16H,3-5,8-9,14-15,17H2,1-2H3,(H,25,28). The normalized spacial score (nSPS) is 14.4. The largest absolute Gasteiger partial charge is 0.481 e. The summed E-state index contributed by atoms with van der Waals surface area (Å²) in [5.74, 6) is -1.07. The molecule has 0 atom stereocenters. The van der Waals surface area contributed by atoms with E-state index in [9.17, 15) is 17.6 Å². The van der Waals surface area contributed by atoms with Crippen molar-refractivity contribution in [2.75, 3.05) is 43.0 Å². The summed E-state index contributed by atoms with van der Waals surface area (Å²) in [6.45, 7) is 5.54. The van der Waals surface area contributed by atoms with E-state index in [1.54, 1.807) is 32.0 Å². The van der Waals surface area contributed by atoms with Gasteiger partial charge in [-0.15, -0.1) is 0 Å². The van der Waals surface area contributed by atoms with Crippen LogP contribution in [-0.4, -0.2) is 51.4 Å². The Morgan fingerprint density at radius 1 is 1.09 bits per heavy atom. The zero-order valence-electron chi connectivity index (χ0n) is 18.5. The Morgan fingerprint density at radius 3 is 2.44 bits per heavy atom. The Bertz CT molecular complexity index is 1040. The minimum absolute atomic E-state index is 0.0169. The maximum Gasteiger partial charge on any atom is 0.262 e. The first-order valence-electron chi connectivity index (χ1n) is 10.9. The first-order valence-corrected chi connectivity index (χ1v) is 12.4. The third-order valence-electron chi connectivity index (χ3n) is 5.48. The van der Waals surface area contributed by atoms with E-state index in [1.165, 1.54) is 28.6 Å². The van der Waals surface area contributed by atoms with E-state index in [1.807, 2.05) is 0 Å². The van der Waals surface area contributed by atoms with Gasteiger partial charge in [0.05, 0.1) is 16.3 Å². The number of sulfonamides is 1. The third kappa shape index (κ3) is 5.58. The lowest BCUT2D eigenvalue weighted by Crippen LogP contribution is -2.32. The van der Waals surface area contributed by atoms with Crippen LogP contribution < -0.4 is 15.0 Å². The van der Waals surface area contributed by atoms with Crippen LogP contribution in [0.15, 0.2) is 47.4 Å². The van der Waals surface area contributed by atoms with Crippen molar-refractivity contribution in [1.29, 1.82) is 0 Å². The summed E-state index contributed by atoms with van der Waals surface area (Å²) in [6, 6.07) is 10.7. The molecule has 174 valence electrons. The number of para-hydroxylation sites is 1. The smallest absolute Gasteiger partial charge is 0.262 e. The van der Waals surface area contributed by atoms with Crippen LogP contribution in [0.2, 0.25) is 0 Å². The van der Waals surface area contributed by atoms with E-state index in [-0.39, 0.29) is 10.6 Å². The van der Waals surface area contributed by atoms with Crippen molar-refractivity contribution in [3.05, 3.63) is 48.3 Å². The summed E-state index contributed by atoms with van der Waals surface area (Å²) in [7, 11) is -3.69. The minimum atomic E-state index is -3.69. The molecular weight excluding hydrogens is 433 g/mol. The van der Waals surface area contributed by atoms with Crippen LogP contribution in [0.5, 0.6) is 5.75 Å². The molecule has 32 heavy (non-hydrogen) atoms. The molecule has 1 fully saturated rings. The number of nitrogens with one attached hydrogen (secondary N) is 1. The first-order chi connectivity index (χ1) is 15.4. The van der Waals surface area contributed by atoms with Gasteiger partial charge in [-0.25, -0.2) is 12.8 Å². The maximum atomic E-state index is 13.8. The van der Waals surface area contributed by atoms with E-state index in [4.69, 9.17) is 4.74 Å². The van der Waals surface area contributed by atoms with Gasteiger partial charge in [0.2, 0.25) is 10.0 Å². The molecule has 0 radical (unpaired) electrons. The number of amides is 1. The van der Waals surface area contributed by atoms with Gasteiger partial charge in [0.25, 0.3) is 5.91 Å². The molecular formula is C23H30FN3O4S. The molecule has 1 saturated heterocycles. The van der Waals surface area contributed by atoms with E-state index < -0.39 is 28.4 Å². The summed E-state index contributed by atoms with van der Waals surface area (Å²) in [6.07, 6.45) is 3.20. The first kappa shape index (κ1) is 24.0. The second kappa shape index (κ2) is 10.8. The Kier molecular flexibility index (Phi) is 8.09. The number of hydrogen-bond donors (Lipinski definition) is 1. The molecule has 0 aliphatic carbocycles. The van der Waals surface area contributed by atoms with Gasteiger partial charge in [-0.2, -0.15) is 4.31 Å². The second-order valence-electron chi connectivity index (χ2n) is 7.58. The lowest BCUT2D eigenvalue weighted by molar-refractivity contribution is -0.118. The molecule has 0 bridgehead atoms. The molecule has 0 aromatic heterocycles. The van der Waals surface area contributed by atoms with Crippen LogP contribution in [0, 0.1) is 5.82 Å². The molecule has 1 heterocycles. The summed E-state index contributed by atoms with van der Waals surface area (Å²) in [4.78, 5) is 14.9. The molecule has 1 aliphatic rings. The van der Waals surface area contributed by atoms with Gasteiger partial charge >= 0.3 is 0 Å². The molecule has 3 rings (SSSR count). The molecule has 2 aromatic rings. The van der Waals surface area contributed by atoms with E-state index in [2.05, 4.69) is 10.2 Å². The molecule has 2 aromatic carbocycles. The number of halogens is 1. The van der Waals surface area contributed by atoms with Crippen molar-refractivity contribution in [1.82, 2.24) is 4.31 Å². The monoisotopic (exact) mass is 463 g/mol. The molecule has 1 aliphatic heterocycles. The van der Waals surface area contributed by atoms with Crippen molar-refractivity contribution in [2.45, 2.75) is 38.0 Å². The van der Waals surface area contributed by atoms with Crippen molar-refractivity contribution in [3.8, 4) is 5.75 Å². The number of rotatable bonds is 9. The van der Waals surface area contributed by atoms with Gasteiger partial charge in [-0.05, 0) is 49.6 Å². The molecule has 0 spiro atoms. The Morgan fingerprint density at radius 2 is 1.78 bits per heavy atom. The van der Waals surface area contributed by atoms with Crippen LogP contribution in [0.1, 0.15) is 33.1 Å². The molecule has 1 amide bonds. The zero-order chi connectivity index (χ0) is 23.1. The highest BCUT2D eigenvalue weighted by atomic mass is 32.2. The fourth-order valence-corrected chi connectivity index (χ4v) is 5.28. The summed E-state index contributed by atoms with van der Waals surface area (Å²) < 4.78 is 46.4. The van der Waals surface area contributed by atoms with Crippen LogP contribution in [-0.2, 0) is 14.8 Å².